The lowest BCUT2D eigenvalue weighted by molar-refractivity contribution is -0.00210. The lowest BCUT2D eigenvalue weighted by Crippen LogP contribution is -2.46. The Hall–Kier alpha value is -2.38. The number of hydrogen-bond donors (Lipinski definition) is 1. The second-order valence-corrected chi connectivity index (χ2v) is 10.6. The van der Waals surface area contributed by atoms with E-state index in [1.54, 1.807) is 12.1 Å². The molecule has 1 saturated carbocycles. The Bertz CT molecular complexity index is 1040. The van der Waals surface area contributed by atoms with Gasteiger partial charge in [0.2, 0.25) is 10.0 Å². The van der Waals surface area contributed by atoms with E-state index in [1.807, 2.05) is 24.3 Å². The summed E-state index contributed by atoms with van der Waals surface area (Å²) in [7, 11) is -0.650. The highest BCUT2D eigenvalue weighted by atomic mass is 32.2. The van der Waals surface area contributed by atoms with Gasteiger partial charge in [-0.3, -0.25) is 4.79 Å². The van der Waals surface area contributed by atoms with E-state index >= 15 is 0 Å². The Morgan fingerprint density at radius 2 is 1.80 bits per heavy atom. The van der Waals surface area contributed by atoms with Crippen LogP contribution in [0.25, 0.3) is 0 Å². The van der Waals surface area contributed by atoms with Gasteiger partial charge in [0, 0.05) is 31.6 Å². The van der Waals surface area contributed by atoms with Gasteiger partial charge in [-0.25, -0.2) is 12.7 Å². The Labute approximate surface area is 178 Å². The highest BCUT2D eigenvalue weighted by Gasteiger charge is 2.42. The predicted molar refractivity (Wildman–Crippen MR) is 115 cm³/mol. The van der Waals surface area contributed by atoms with Crippen molar-refractivity contribution in [3.05, 3.63) is 59.7 Å². The van der Waals surface area contributed by atoms with Crippen LogP contribution in [-0.2, 0) is 10.0 Å². The molecule has 1 aliphatic carbocycles. The van der Waals surface area contributed by atoms with Crippen LogP contribution in [0.3, 0.4) is 0 Å². The van der Waals surface area contributed by atoms with E-state index in [0.717, 1.165) is 47.7 Å². The van der Waals surface area contributed by atoms with Crippen molar-refractivity contribution in [1.82, 2.24) is 9.62 Å². The number of para-hydroxylation sites is 1. The molecule has 0 unspecified atom stereocenters. The van der Waals surface area contributed by atoms with Crippen LogP contribution in [0, 0.1) is 0 Å². The van der Waals surface area contributed by atoms with Crippen molar-refractivity contribution in [2.75, 3.05) is 14.1 Å². The van der Waals surface area contributed by atoms with Crippen LogP contribution in [0.2, 0.25) is 0 Å². The van der Waals surface area contributed by atoms with E-state index in [2.05, 4.69) is 5.32 Å². The van der Waals surface area contributed by atoms with Crippen molar-refractivity contribution in [1.29, 1.82) is 0 Å². The summed E-state index contributed by atoms with van der Waals surface area (Å²) in [5.74, 6) is 0.554. The zero-order chi connectivity index (χ0) is 21.4. The Morgan fingerprint density at radius 3 is 2.53 bits per heavy atom. The van der Waals surface area contributed by atoms with Gasteiger partial charge in [0.05, 0.1) is 10.9 Å². The van der Waals surface area contributed by atoms with Crippen LogP contribution >= 0.6 is 0 Å². The first kappa shape index (κ1) is 20.9. The molecule has 7 heteroatoms. The van der Waals surface area contributed by atoms with Gasteiger partial charge < -0.3 is 10.1 Å². The minimum atomic E-state index is -3.60. The standard InChI is InChI=1S/C23H28N2O4S/c1-25(2)30(27,28)18-10-8-9-17(15-18)22(26)24-20-16-23(13-6-3-7-14-23)29-21-12-5-4-11-19(20)21/h4-5,8-12,15,20H,3,6-7,13-14,16H2,1-2H3,(H,24,26)/t20-/m0/s1. The summed E-state index contributed by atoms with van der Waals surface area (Å²) in [5.41, 5.74) is 1.07. The van der Waals surface area contributed by atoms with E-state index < -0.39 is 10.0 Å². The molecule has 2 aliphatic rings. The normalized spacial score (nSPS) is 20.4. The molecule has 30 heavy (non-hydrogen) atoms. The molecule has 1 heterocycles. The average molecular weight is 429 g/mol. The number of carbonyl (C=O) groups is 1. The van der Waals surface area contributed by atoms with Gasteiger partial charge in [0.1, 0.15) is 11.4 Å². The molecule has 2 aromatic carbocycles. The fraction of sp³-hybridized carbons (Fsp3) is 0.435. The fourth-order valence-corrected chi connectivity index (χ4v) is 5.45. The third-order valence-corrected chi connectivity index (χ3v) is 7.95. The number of hydrogen-bond acceptors (Lipinski definition) is 4. The molecule has 1 spiro atoms. The molecule has 0 bridgehead atoms. The SMILES string of the molecule is CN(C)S(=O)(=O)c1cccc(C(=O)N[C@H]2CC3(CCCCC3)Oc3ccccc32)c1. The zero-order valence-corrected chi connectivity index (χ0v) is 18.2. The lowest BCUT2D eigenvalue weighted by Gasteiger charge is -2.44. The van der Waals surface area contributed by atoms with Gasteiger partial charge >= 0.3 is 0 Å². The van der Waals surface area contributed by atoms with Crippen molar-refractivity contribution < 1.29 is 17.9 Å². The van der Waals surface area contributed by atoms with Gasteiger partial charge in [-0.05, 0) is 49.9 Å². The van der Waals surface area contributed by atoms with Crippen LogP contribution in [0.5, 0.6) is 5.75 Å². The smallest absolute Gasteiger partial charge is 0.251 e. The molecular formula is C23H28N2O4S. The average Bonchev–Trinajstić information content (AvgIpc) is 2.74. The van der Waals surface area contributed by atoms with E-state index in [9.17, 15) is 13.2 Å². The largest absolute Gasteiger partial charge is 0.487 e. The van der Waals surface area contributed by atoms with Gasteiger partial charge in [0.15, 0.2) is 0 Å². The Balaban J connectivity index is 1.61. The zero-order valence-electron chi connectivity index (χ0n) is 17.4. The summed E-state index contributed by atoms with van der Waals surface area (Å²) in [5, 5.41) is 3.14. The maximum Gasteiger partial charge on any atom is 0.251 e. The minimum absolute atomic E-state index is 0.108. The molecule has 1 fully saturated rings. The number of rotatable bonds is 4. The molecule has 2 aromatic rings. The number of amides is 1. The van der Waals surface area contributed by atoms with Gasteiger partial charge in [-0.15, -0.1) is 0 Å². The summed E-state index contributed by atoms with van der Waals surface area (Å²) < 4.78 is 32.5. The molecule has 0 aromatic heterocycles. The molecule has 4 rings (SSSR count). The van der Waals surface area contributed by atoms with Gasteiger partial charge in [-0.2, -0.15) is 0 Å². The van der Waals surface area contributed by atoms with Crippen LogP contribution in [0.15, 0.2) is 53.4 Å². The highest BCUT2D eigenvalue weighted by Crippen LogP contribution is 2.46. The first-order chi connectivity index (χ1) is 14.3. The molecule has 0 saturated heterocycles. The summed E-state index contributed by atoms with van der Waals surface area (Å²) in [4.78, 5) is 13.2. The summed E-state index contributed by atoms with van der Waals surface area (Å²) in [6.07, 6.45) is 6.19. The summed E-state index contributed by atoms with van der Waals surface area (Å²) >= 11 is 0. The molecule has 160 valence electrons. The Morgan fingerprint density at radius 1 is 1.07 bits per heavy atom. The van der Waals surface area contributed by atoms with Crippen LogP contribution in [0.1, 0.15) is 60.5 Å². The maximum atomic E-state index is 13.1. The van der Waals surface area contributed by atoms with Gasteiger partial charge in [0.25, 0.3) is 5.91 Å². The van der Waals surface area contributed by atoms with Crippen molar-refractivity contribution in [2.45, 2.75) is 55.1 Å². The number of sulfonamides is 1. The number of nitrogens with one attached hydrogen (secondary N) is 1. The second-order valence-electron chi connectivity index (χ2n) is 8.43. The number of benzene rings is 2. The van der Waals surface area contributed by atoms with Crippen molar-refractivity contribution in [3.8, 4) is 5.75 Å². The second kappa shape index (κ2) is 8.04. The van der Waals surface area contributed by atoms with Crippen LogP contribution in [-0.4, -0.2) is 38.3 Å². The number of fused-ring (bicyclic) bond motifs is 1. The maximum absolute atomic E-state index is 13.1. The molecule has 0 radical (unpaired) electrons. The fourth-order valence-electron chi connectivity index (χ4n) is 4.50. The van der Waals surface area contributed by atoms with Crippen LogP contribution in [0.4, 0.5) is 0 Å². The van der Waals surface area contributed by atoms with E-state index in [-0.39, 0.29) is 22.4 Å². The molecule has 6 nitrogen and oxygen atoms in total. The third-order valence-electron chi connectivity index (χ3n) is 6.14. The van der Waals surface area contributed by atoms with Gasteiger partial charge in [-0.1, -0.05) is 30.7 Å². The van der Waals surface area contributed by atoms with Crippen molar-refractivity contribution in [3.63, 3.8) is 0 Å². The minimum Gasteiger partial charge on any atom is -0.487 e. The molecule has 1 atom stereocenters. The molecule has 1 N–H and O–H groups in total. The number of carbonyl (C=O) groups excluding carboxylic acids is 1. The number of ether oxygens (including phenoxy) is 1. The quantitative estimate of drug-likeness (QED) is 0.802. The summed E-state index contributed by atoms with van der Waals surface area (Å²) in [6, 6.07) is 13.9. The van der Waals surface area contributed by atoms with E-state index in [1.165, 1.54) is 32.6 Å². The molecule has 1 aliphatic heterocycles. The van der Waals surface area contributed by atoms with E-state index in [4.69, 9.17) is 4.74 Å². The predicted octanol–water partition coefficient (Wildman–Crippen LogP) is 3.89. The first-order valence-electron chi connectivity index (χ1n) is 10.4. The van der Waals surface area contributed by atoms with Crippen LogP contribution < -0.4 is 10.1 Å². The van der Waals surface area contributed by atoms with E-state index in [0.29, 0.717) is 5.56 Å². The highest BCUT2D eigenvalue weighted by molar-refractivity contribution is 7.89. The van der Waals surface area contributed by atoms with Crippen molar-refractivity contribution in [2.24, 2.45) is 0 Å². The number of nitrogens with zero attached hydrogens (tertiary/aromatic N) is 1. The third kappa shape index (κ3) is 3.96. The van der Waals surface area contributed by atoms with Crippen molar-refractivity contribution >= 4 is 15.9 Å². The monoisotopic (exact) mass is 428 g/mol. The topological polar surface area (TPSA) is 75.7 Å². The lowest BCUT2D eigenvalue weighted by atomic mass is 9.77. The molecular weight excluding hydrogens is 400 g/mol. The Kier molecular flexibility index (Phi) is 5.59. The summed E-state index contributed by atoms with van der Waals surface area (Å²) in [6.45, 7) is 0. The first-order valence-corrected chi connectivity index (χ1v) is 11.9. The molecule has 1 amide bonds.